The standard InChI is InChI=1S/C30H34N2O5/c1-3-31-30(34)26(19-22-8-5-4-6-9-22)32(21-24-10-7-11-25(18-24)35-2)29(33)15-13-23-12-14-27-28(20-23)37-17-16-36-27/h4-12,14,18,20,26H,3,13,15-17,19,21H2,1-2H3,(H,31,34). The first kappa shape index (κ1) is 26.1. The molecule has 7 heteroatoms. The van der Waals surface area contributed by atoms with Crippen LogP contribution >= 0.6 is 0 Å². The molecular formula is C30H34N2O5. The number of methoxy groups -OCH3 is 1. The van der Waals surface area contributed by atoms with Crippen LogP contribution in [-0.2, 0) is 29.0 Å². The van der Waals surface area contributed by atoms with Crippen LogP contribution in [0.2, 0.25) is 0 Å². The van der Waals surface area contributed by atoms with Crippen LogP contribution in [0.15, 0.2) is 72.8 Å². The first-order valence-electron chi connectivity index (χ1n) is 12.7. The maximum absolute atomic E-state index is 13.8. The highest BCUT2D eigenvalue weighted by Gasteiger charge is 2.30. The molecule has 1 heterocycles. The number of nitrogens with zero attached hydrogens (tertiary/aromatic N) is 1. The molecule has 0 fully saturated rings. The van der Waals surface area contributed by atoms with E-state index >= 15 is 0 Å². The Kier molecular flexibility index (Phi) is 9.03. The van der Waals surface area contributed by atoms with Crippen molar-refractivity contribution in [2.75, 3.05) is 26.9 Å². The van der Waals surface area contributed by atoms with Gasteiger partial charge < -0.3 is 24.4 Å². The van der Waals surface area contributed by atoms with Crippen molar-refractivity contribution >= 4 is 11.8 Å². The highest BCUT2D eigenvalue weighted by Crippen LogP contribution is 2.31. The largest absolute Gasteiger partial charge is 0.497 e. The Morgan fingerprint density at radius 2 is 1.68 bits per heavy atom. The van der Waals surface area contributed by atoms with Crippen LogP contribution in [-0.4, -0.2) is 49.6 Å². The molecule has 2 amide bonds. The molecule has 37 heavy (non-hydrogen) atoms. The molecule has 0 saturated carbocycles. The molecule has 1 unspecified atom stereocenters. The summed E-state index contributed by atoms with van der Waals surface area (Å²) in [5.74, 6) is 1.87. The molecule has 1 aliphatic heterocycles. The first-order valence-corrected chi connectivity index (χ1v) is 12.7. The van der Waals surface area contributed by atoms with Crippen molar-refractivity contribution < 1.29 is 23.8 Å². The number of hydrogen-bond acceptors (Lipinski definition) is 5. The van der Waals surface area contributed by atoms with Crippen molar-refractivity contribution in [2.45, 2.75) is 38.8 Å². The van der Waals surface area contributed by atoms with Gasteiger partial charge in [-0.05, 0) is 54.3 Å². The predicted molar refractivity (Wildman–Crippen MR) is 142 cm³/mol. The number of fused-ring (bicyclic) bond motifs is 1. The van der Waals surface area contributed by atoms with Crippen LogP contribution in [0.4, 0.5) is 0 Å². The number of amides is 2. The van der Waals surface area contributed by atoms with Gasteiger partial charge in [-0.3, -0.25) is 9.59 Å². The topological polar surface area (TPSA) is 77.1 Å². The van der Waals surface area contributed by atoms with Crippen LogP contribution in [0.1, 0.15) is 30.0 Å². The first-order chi connectivity index (χ1) is 18.1. The minimum atomic E-state index is -0.652. The van der Waals surface area contributed by atoms with E-state index in [0.717, 1.165) is 22.4 Å². The highest BCUT2D eigenvalue weighted by atomic mass is 16.6. The summed E-state index contributed by atoms with van der Waals surface area (Å²) < 4.78 is 16.7. The maximum Gasteiger partial charge on any atom is 0.243 e. The van der Waals surface area contributed by atoms with Crippen molar-refractivity contribution in [3.05, 3.63) is 89.5 Å². The lowest BCUT2D eigenvalue weighted by Gasteiger charge is -2.31. The Balaban J connectivity index is 1.59. The number of ether oxygens (including phenoxy) is 3. The summed E-state index contributed by atoms with van der Waals surface area (Å²) in [5, 5.41) is 2.93. The second kappa shape index (κ2) is 12.8. The molecule has 3 aromatic carbocycles. The third kappa shape index (κ3) is 7.03. The van der Waals surface area contributed by atoms with Gasteiger partial charge in [-0.1, -0.05) is 48.5 Å². The second-order valence-electron chi connectivity index (χ2n) is 8.95. The molecule has 7 nitrogen and oxygen atoms in total. The lowest BCUT2D eigenvalue weighted by molar-refractivity contribution is -0.141. The molecule has 0 bridgehead atoms. The zero-order valence-electron chi connectivity index (χ0n) is 21.4. The number of benzene rings is 3. The molecule has 0 radical (unpaired) electrons. The summed E-state index contributed by atoms with van der Waals surface area (Å²) in [6.45, 7) is 3.71. The van der Waals surface area contributed by atoms with Crippen molar-refractivity contribution in [1.82, 2.24) is 10.2 Å². The normalized spacial score (nSPS) is 12.9. The number of rotatable bonds is 11. The quantitative estimate of drug-likeness (QED) is 0.426. The average molecular weight is 503 g/mol. The fraction of sp³-hybridized carbons (Fsp3) is 0.333. The Hall–Kier alpha value is -4.00. The van der Waals surface area contributed by atoms with E-state index in [4.69, 9.17) is 14.2 Å². The molecule has 0 aromatic heterocycles. The maximum atomic E-state index is 13.8. The molecule has 1 aliphatic rings. The lowest BCUT2D eigenvalue weighted by Crippen LogP contribution is -2.50. The van der Waals surface area contributed by atoms with Gasteiger partial charge in [0, 0.05) is 25.9 Å². The molecule has 0 spiro atoms. The van der Waals surface area contributed by atoms with E-state index in [1.807, 2.05) is 79.7 Å². The van der Waals surface area contributed by atoms with Gasteiger partial charge in [-0.25, -0.2) is 0 Å². The molecule has 1 N–H and O–H groups in total. The van der Waals surface area contributed by atoms with E-state index in [9.17, 15) is 9.59 Å². The number of nitrogens with one attached hydrogen (secondary N) is 1. The SMILES string of the molecule is CCNC(=O)C(Cc1ccccc1)N(Cc1cccc(OC)c1)C(=O)CCc1ccc2c(c1)OCCO2. The van der Waals surface area contributed by atoms with Crippen LogP contribution < -0.4 is 19.5 Å². The summed E-state index contributed by atoms with van der Waals surface area (Å²) in [6, 6.07) is 22.5. The van der Waals surface area contributed by atoms with Gasteiger partial charge in [0.1, 0.15) is 25.0 Å². The molecule has 194 valence electrons. The van der Waals surface area contributed by atoms with E-state index in [1.54, 1.807) is 12.0 Å². The third-order valence-corrected chi connectivity index (χ3v) is 6.34. The minimum Gasteiger partial charge on any atom is -0.497 e. The van der Waals surface area contributed by atoms with Crippen molar-refractivity contribution in [2.24, 2.45) is 0 Å². The van der Waals surface area contributed by atoms with Gasteiger partial charge in [-0.15, -0.1) is 0 Å². The van der Waals surface area contributed by atoms with E-state index < -0.39 is 6.04 Å². The van der Waals surface area contributed by atoms with Crippen molar-refractivity contribution in [3.8, 4) is 17.2 Å². The van der Waals surface area contributed by atoms with Gasteiger partial charge in [-0.2, -0.15) is 0 Å². The number of hydrogen-bond donors (Lipinski definition) is 1. The number of likely N-dealkylation sites (N-methyl/N-ethyl adjacent to an activating group) is 1. The molecule has 3 aromatic rings. The zero-order chi connectivity index (χ0) is 26.0. The monoisotopic (exact) mass is 502 g/mol. The fourth-order valence-electron chi connectivity index (χ4n) is 4.45. The van der Waals surface area contributed by atoms with Crippen LogP contribution in [0.25, 0.3) is 0 Å². The summed E-state index contributed by atoms with van der Waals surface area (Å²) in [6.07, 6.45) is 1.21. The van der Waals surface area contributed by atoms with Gasteiger partial charge in [0.15, 0.2) is 11.5 Å². The Morgan fingerprint density at radius 3 is 2.43 bits per heavy atom. The molecular weight excluding hydrogens is 468 g/mol. The molecule has 0 aliphatic carbocycles. The molecule has 1 atom stereocenters. The predicted octanol–water partition coefficient (Wildman–Crippen LogP) is 4.18. The van der Waals surface area contributed by atoms with Gasteiger partial charge in [0.25, 0.3) is 0 Å². The lowest BCUT2D eigenvalue weighted by atomic mass is 10.0. The number of carbonyl (C=O) groups is 2. The average Bonchev–Trinajstić information content (AvgIpc) is 2.94. The summed E-state index contributed by atoms with van der Waals surface area (Å²) in [4.78, 5) is 28.7. The summed E-state index contributed by atoms with van der Waals surface area (Å²) >= 11 is 0. The van der Waals surface area contributed by atoms with Gasteiger partial charge in [0.2, 0.25) is 11.8 Å². The van der Waals surface area contributed by atoms with Crippen LogP contribution in [0, 0.1) is 0 Å². The number of aryl methyl sites for hydroxylation is 1. The second-order valence-corrected chi connectivity index (χ2v) is 8.95. The minimum absolute atomic E-state index is 0.0927. The molecule has 4 rings (SSSR count). The van der Waals surface area contributed by atoms with Crippen LogP contribution in [0.3, 0.4) is 0 Å². The fourth-order valence-corrected chi connectivity index (χ4v) is 4.45. The van der Waals surface area contributed by atoms with Gasteiger partial charge >= 0.3 is 0 Å². The van der Waals surface area contributed by atoms with E-state index in [-0.39, 0.29) is 18.2 Å². The number of carbonyl (C=O) groups excluding carboxylic acids is 2. The Labute approximate surface area is 218 Å². The smallest absolute Gasteiger partial charge is 0.243 e. The Morgan fingerprint density at radius 1 is 0.919 bits per heavy atom. The summed E-state index contributed by atoms with van der Waals surface area (Å²) in [7, 11) is 1.61. The van der Waals surface area contributed by atoms with E-state index in [0.29, 0.717) is 50.6 Å². The van der Waals surface area contributed by atoms with Crippen molar-refractivity contribution in [3.63, 3.8) is 0 Å². The third-order valence-electron chi connectivity index (χ3n) is 6.34. The van der Waals surface area contributed by atoms with Crippen LogP contribution in [0.5, 0.6) is 17.2 Å². The van der Waals surface area contributed by atoms with E-state index in [1.165, 1.54) is 0 Å². The highest BCUT2D eigenvalue weighted by molar-refractivity contribution is 5.88. The summed E-state index contributed by atoms with van der Waals surface area (Å²) in [5.41, 5.74) is 2.87. The van der Waals surface area contributed by atoms with E-state index in [2.05, 4.69) is 5.32 Å². The van der Waals surface area contributed by atoms with Crippen molar-refractivity contribution in [1.29, 1.82) is 0 Å². The Bertz CT molecular complexity index is 1200. The zero-order valence-corrected chi connectivity index (χ0v) is 21.4. The molecule has 0 saturated heterocycles. The van der Waals surface area contributed by atoms with Gasteiger partial charge in [0.05, 0.1) is 7.11 Å².